The summed E-state index contributed by atoms with van der Waals surface area (Å²) in [5.74, 6) is 0. The van der Waals surface area contributed by atoms with E-state index in [0.29, 0.717) is 0 Å². The highest BCUT2D eigenvalue weighted by molar-refractivity contribution is 5.35. The minimum atomic E-state index is 0.196. The van der Waals surface area contributed by atoms with Gasteiger partial charge in [-0.2, -0.15) is 10.2 Å². The third-order valence-corrected chi connectivity index (χ3v) is 3.04. The summed E-state index contributed by atoms with van der Waals surface area (Å²) in [7, 11) is 0. The van der Waals surface area contributed by atoms with Crippen LogP contribution in [0.5, 0.6) is 0 Å². The molecule has 3 heteroatoms. The molecule has 0 radical (unpaired) electrons. The second kappa shape index (κ2) is 6.26. The lowest BCUT2D eigenvalue weighted by Gasteiger charge is -2.20. The van der Waals surface area contributed by atoms with Crippen LogP contribution in [0.15, 0.2) is 42.7 Å². The minimum absolute atomic E-state index is 0.196. The Morgan fingerprint density at radius 1 is 1.17 bits per heavy atom. The van der Waals surface area contributed by atoms with Crippen molar-refractivity contribution in [2.24, 2.45) is 0 Å². The average Bonchev–Trinajstić information content (AvgIpc) is 2.42. The van der Waals surface area contributed by atoms with E-state index in [1.165, 1.54) is 11.1 Å². The fourth-order valence-corrected chi connectivity index (χ4v) is 2.08. The molecule has 94 valence electrons. The van der Waals surface area contributed by atoms with Gasteiger partial charge in [-0.25, -0.2) is 0 Å². The number of benzene rings is 1. The normalized spacial score (nSPS) is 12.3. The Morgan fingerprint density at radius 3 is 2.67 bits per heavy atom. The summed E-state index contributed by atoms with van der Waals surface area (Å²) in [6, 6.07) is 10.7. The van der Waals surface area contributed by atoms with Crippen LogP contribution in [0.1, 0.15) is 36.1 Å². The lowest BCUT2D eigenvalue weighted by molar-refractivity contribution is 0.593. The van der Waals surface area contributed by atoms with E-state index in [4.69, 9.17) is 0 Å². The van der Waals surface area contributed by atoms with E-state index in [1.54, 1.807) is 6.20 Å². The summed E-state index contributed by atoms with van der Waals surface area (Å²) in [5, 5.41) is 11.4. The SMILES string of the molecule is CCCNC(c1ccnnc1)c1ccccc1C. The van der Waals surface area contributed by atoms with Crippen molar-refractivity contribution in [2.75, 3.05) is 6.54 Å². The molecule has 1 aromatic heterocycles. The Kier molecular flexibility index (Phi) is 4.42. The molecule has 0 fully saturated rings. The van der Waals surface area contributed by atoms with Crippen LogP contribution in [-0.2, 0) is 0 Å². The van der Waals surface area contributed by atoms with Gasteiger partial charge in [-0.3, -0.25) is 0 Å². The van der Waals surface area contributed by atoms with Crippen LogP contribution in [-0.4, -0.2) is 16.7 Å². The zero-order valence-corrected chi connectivity index (χ0v) is 10.9. The topological polar surface area (TPSA) is 37.8 Å². The Bertz CT molecular complexity index is 482. The van der Waals surface area contributed by atoms with Gasteiger partial charge in [0.15, 0.2) is 0 Å². The molecule has 0 saturated heterocycles. The van der Waals surface area contributed by atoms with Gasteiger partial charge in [0.25, 0.3) is 0 Å². The highest BCUT2D eigenvalue weighted by atomic mass is 15.1. The summed E-state index contributed by atoms with van der Waals surface area (Å²) in [4.78, 5) is 0. The van der Waals surface area contributed by atoms with Crippen LogP contribution in [0.25, 0.3) is 0 Å². The molecule has 2 rings (SSSR count). The zero-order chi connectivity index (χ0) is 12.8. The number of nitrogens with zero attached hydrogens (tertiary/aromatic N) is 2. The summed E-state index contributed by atoms with van der Waals surface area (Å²) in [6.45, 7) is 5.30. The average molecular weight is 241 g/mol. The van der Waals surface area contributed by atoms with E-state index in [2.05, 4.69) is 53.6 Å². The molecule has 3 nitrogen and oxygen atoms in total. The van der Waals surface area contributed by atoms with Gasteiger partial charge in [0.2, 0.25) is 0 Å². The summed E-state index contributed by atoms with van der Waals surface area (Å²) >= 11 is 0. The molecule has 0 spiro atoms. The molecule has 18 heavy (non-hydrogen) atoms. The van der Waals surface area contributed by atoms with Crippen molar-refractivity contribution < 1.29 is 0 Å². The van der Waals surface area contributed by atoms with Gasteiger partial charge >= 0.3 is 0 Å². The molecule has 1 unspecified atom stereocenters. The quantitative estimate of drug-likeness (QED) is 0.874. The zero-order valence-electron chi connectivity index (χ0n) is 10.9. The molecule has 1 heterocycles. The van der Waals surface area contributed by atoms with Gasteiger partial charge in [0.1, 0.15) is 0 Å². The molecule has 0 saturated carbocycles. The number of nitrogens with one attached hydrogen (secondary N) is 1. The van der Waals surface area contributed by atoms with Gasteiger partial charge in [0.05, 0.1) is 12.2 Å². The standard InChI is InChI=1S/C15H19N3/c1-3-9-16-15(13-8-10-17-18-11-13)14-7-5-4-6-12(14)2/h4-8,10-11,15-16H,3,9H2,1-2H3. The van der Waals surface area contributed by atoms with Gasteiger partial charge in [0, 0.05) is 6.20 Å². The number of aromatic nitrogens is 2. The van der Waals surface area contributed by atoms with Crippen molar-refractivity contribution in [3.63, 3.8) is 0 Å². The summed E-state index contributed by atoms with van der Waals surface area (Å²) < 4.78 is 0. The first-order chi connectivity index (χ1) is 8.83. The molecule has 1 atom stereocenters. The van der Waals surface area contributed by atoms with E-state index < -0.39 is 0 Å². The first-order valence-electron chi connectivity index (χ1n) is 6.38. The highest BCUT2D eigenvalue weighted by Gasteiger charge is 2.14. The molecule has 0 aliphatic heterocycles. The largest absolute Gasteiger partial charge is 0.306 e. The van der Waals surface area contributed by atoms with Gasteiger partial charge in [-0.1, -0.05) is 31.2 Å². The molecular formula is C15H19N3. The lowest BCUT2D eigenvalue weighted by atomic mass is 9.96. The van der Waals surface area contributed by atoms with Gasteiger partial charge < -0.3 is 5.32 Å². The Labute approximate surface area is 108 Å². The van der Waals surface area contributed by atoms with Gasteiger partial charge in [-0.05, 0) is 42.6 Å². The Morgan fingerprint density at radius 2 is 2.00 bits per heavy atom. The molecule has 0 aliphatic rings. The molecule has 0 aliphatic carbocycles. The first-order valence-corrected chi connectivity index (χ1v) is 6.38. The third kappa shape index (κ3) is 2.93. The van der Waals surface area contributed by atoms with Crippen molar-refractivity contribution in [2.45, 2.75) is 26.3 Å². The molecule has 2 aromatic rings. The first kappa shape index (κ1) is 12.7. The van der Waals surface area contributed by atoms with Crippen LogP contribution in [0.4, 0.5) is 0 Å². The second-order valence-corrected chi connectivity index (χ2v) is 4.42. The molecule has 0 amide bonds. The van der Waals surface area contributed by atoms with Crippen molar-refractivity contribution in [3.8, 4) is 0 Å². The summed E-state index contributed by atoms with van der Waals surface area (Å²) in [6.07, 6.45) is 4.69. The van der Waals surface area contributed by atoms with Crippen LogP contribution in [0, 0.1) is 6.92 Å². The maximum absolute atomic E-state index is 3.98. The monoisotopic (exact) mass is 241 g/mol. The smallest absolute Gasteiger partial charge is 0.0595 e. The molecule has 1 aromatic carbocycles. The van der Waals surface area contributed by atoms with E-state index in [-0.39, 0.29) is 6.04 Å². The second-order valence-electron chi connectivity index (χ2n) is 4.42. The Hall–Kier alpha value is -1.74. The van der Waals surface area contributed by atoms with Crippen molar-refractivity contribution in [1.82, 2.24) is 15.5 Å². The lowest BCUT2D eigenvalue weighted by Crippen LogP contribution is -2.24. The van der Waals surface area contributed by atoms with Gasteiger partial charge in [-0.15, -0.1) is 0 Å². The van der Waals surface area contributed by atoms with Crippen LogP contribution >= 0.6 is 0 Å². The van der Waals surface area contributed by atoms with Crippen LogP contribution in [0.3, 0.4) is 0 Å². The predicted molar refractivity (Wildman–Crippen MR) is 73.3 cm³/mol. The number of aryl methyl sites for hydroxylation is 1. The molecular weight excluding hydrogens is 222 g/mol. The fraction of sp³-hybridized carbons (Fsp3) is 0.333. The van der Waals surface area contributed by atoms with Crippen molar-refractivity contribution >= 4 is 0 Å². The third-order valence-electron chi connectivity index (χ3n) is 3.04. The minimum Gasteiger partial charge on any atom is -0.306 e. The van der Waals surface area contributed by atoms with Crippen LogP contribution < -0.4 is 5.32 Å². The maximum Gasteiger partial charge on any atom is 0.0595 e. The van der Waals surface area contributed by atoms with E-state index in [1.807, 2.05) is 12.3 Å². The fourth-order valence-electron chi connectivity index (χ4n) is 2.08. The van der Waals surface area contributed by atoms with Crippen molar-refractivity contribution in [3.05, 3.63) is 59.4 Å². The predicted octanol–water partition coefficient (Wildman–Crippen LogP) is 2.87. The van der Waals surface area contributed by atoms with Crippen LogP contribution in [0.2, 0.25) is 0 Å². The number of rotatable bonds is 5. The van der Waals surface area contributed by atoms with E-state index in [0.717, 1.165) is 18.5 Å². The highest BCUT2D eigenvalue weighted by Crippen LogP contribution is 2.23. The number of hydrogen-bond donors (Lipinski definition) is 1. The maximum atomic E-state index is 3.98. The summed E-state index contributed by atoms with van der Waals surface area (Å²) in [5.41, 5.74) is 3.76. The molecule has 1 N–H and O–H groups in total. The van der Waals surface area contributed by atoms with E-state index >= 15 is 0 Å². The number of hydrogen-bond acceptors (Lipinski definition) is 3. The van der Waals surface area contributed by atoms with Crippen molar-refractivity contribution in [1.29, 1.82) is 0 Å². The molecule has 0 bridgehead atoms. The Balaban J connectivity index is 2.34. The van der Waals surface area contributed by atoms with E-state index in [9.17, 15) is 0 Å².